The zero-order chi connectivity index (χ0) is 12.5. The molecule has 5 nitrogen and oxygen atoms in total. The van der Waals surface area contributed by atoms with Crippen molar-refractivity contribution in [2.45, 2.75) is 32.1 Å². The van der Waals surface area contributed by atoms with Crippen LogP contribution >= 0.6 is 0 Å². The van der Waals surface area contributed by atoms with E-state index in [1.807, 2.05) is 0 Å². The molecule has 1 saturated heterocycles. The van der Waals surface area contributed by atoms with Crippen LogP contribution in [0, 0.1) is 11.8 Å². The second-order valence-corrected chi connectivity index (χ2v) is 5.36. The molecular formula is C13H18N2O3. The molecule has 2 aliphatic rings. The van der Waals surface area contributed by atoms with Crippen LogP contribution in [-0.2, 0) is 0 Å². The molecule has 1 aliphatic heterocycles. The number of hydrogen-bond acceptors (Lipinski definition) is 4. The zero-order valence-corrected chi connectivity index (χ0v) is 10.3. The van der Waals surface area contributed by atoms with Crippen LogP contribution in [0.2, 0.25) is 0 Å². The third-order valence-electron chi connectivity index (χ3n) is 4.27. The molecule has 0 amide bonds. The van der Waals surface area contributed by atoms with E-state index in [9.17, 15) is 4.79 Å². The average molecular weight is 250 g/mol. The van der Waals surface area contributed by atoms with E-state index in [0.717, 1.165) is 24.9 Å². The Morgan fingerprint density at radius 3 is 2.83 bits per heavy atom. The number of carbonyl (C=O) groups is 1. The summed E-state index contributed by atoms with van der Waals surface area (Å²) in [5, 5.41) is 8.84. The molecule has 0 radical (unpaired) electrons. The second-order valence-electron chi connectivity index (χ2n) is 5.36. The Kier molecular flexibility index (Phi) is 2.97. The van der Waals surface area contributed by atoms with Gasteiger partial charge in [0.1, 0.15) is 6.26 Å². The van der Waals surface area contributed by atoms with E-state index in [0.29, 0.717) is 6.01 Å². The molecule has 2 atom stereocenters. The molecule has 2 fully saturated rings. The Labute approximate surface area is 106 Å². The van der Waals surface area contributed by atoms with Gasteiger partial charge in [-0.1, -0.05) is 19.3 Å². The van der Waals surface area contributed by atoms with E-state index < -0.39 is 5.97 Å². The highest BCUT2D eigenvalue weighted by atomic mass is 16.4. The predicted molar refractivity (Wildman–Crippen MR) is 65.7 cm³/mol. The first-order valence-corrected chi connectivity index (χ1v) is 6.68. The molecular weight excluding hydrogens is 232 g/mol. The van der Waals surface area contributed by atoms with Crippen molar-refractivity contribution in [2.24, 2.45) is 11.8 Å². The molecule has 1 aliphatic carbocycles. The van der Waals surface area contributed by atoms with Crippen LogP contribution in [0.25, 0.3) is 0 Å². The number of carboxylic acid groups (broad SMARTS) is 1. The second kappa shape index (κ2) is 4.63. The molecule has 0 spiro atoms. The van der Waals surface area contributed by atoms with Crippen LogP contribution in [0.3, 0.4) is 0 Å². The lowest BCUT2D eigenvalue weighted by Crippen LogP contribution is -2.42. The number of nitrogens with zero attached hydrogens (tertiary/aromatic N) is 2. The standard InChI is InChI=1S/C13H18N2O3/c16-12(17)11-8-18-13(14-11)15-6-5-9-3-1-2-4-10(9)7-15/h8-10H,1-7H2,(H,16,17). The number of fused-ring (bicyclic) bond motifs is 1. The highest BCUT2D eigenvalue weighted by Crippen LogP contribution is 2.37. The van der Waals surface area contributed by atoms with Gasteiger partial charge in [0.15, 0.2) is 5.69 Å². The summed E-state index contributed by atoms with van der Waals surface area (Å²) in [5.41, 5.74) is -0.00392. The van der Waals surface area contributed by atoms with Crippen molar-refractivity contribution < 1.29 is 14.3 Å². The number of hydrogen-bond donors (Lipinski definition) is 1. The van der Waals surface area contributed by atoms with Crippen molar-refractivity contribution >= 4 is 12.0 Å². The van der Waals surface area contributed by atoms with Crippen molar-refractivity contribution in [1.82, 2.24) is 4.98 Å². The number of aromatic carboxylic acids is 1. The summed E-state index contributed by atoms with van der Waals surface area (Å²) >= 11 is 0. The molecule has 0 bridgehead atoms. The molecule has 3 rings (SSSR count). The van der Waals surface area contributed by atoms with Crippen molar-refractivity contribution in [2.75, 3.05) is 18.0 Å². The fraction of sp³-hybridized carbons (Fsp3) is 0.692. The minimum atomic E-state index is -1.03. The molecule has 98 valence electrons. The number of rotatable bonds is 2. The summed E-state index contributed by atoms with van der Waals surface area (Å²) in [6.07, 6.45) is 7.72. The third-order valence-corrected chi connectivity index (χ3v) is 4.27. The average Bonchev–Trinajstić information content (AvgIpc) is 2.88. The van der Waals surface area contributed by atoms with Gasteiger partial charge in [0.2, 0.25) is 0 Å². The van der Waals surface area contributed by atoms with Crippen molar-refractivity contribution in [3.8, 4) is 0 Å². The molecule has 1 saturated carbocycles. The van der Waals surface area contributed by atoms with Crippen molar-refractivity contribution in [3.05, 3.63) is 12.0 Å². The fourth-order valence-corrected chi connectivity index (χ4v) is 3.28. The van der Waals surface area contributed by atoms with E-state index in [1.54, 1.807) is 0 Å². The van der Waals surface area contributed by atoms with E-state index in [1.165, 1.54) is 38.4 Å². The van der Waals surface area contributed by atoms with Crippen LogP contribution in [0.5, 0.6) is 0 Å². The fourth-order valence-electron chi connectivity index (χ4n) is 3.28. The molecule has 2 heterocycles. The van der Waals surface area contributed by atoms with Gasteiger partial charge in [-0.2, -0.15) is 4.98 Å². The maximum absolute atomic E-state index is 10.8. The van der Waals surface area contributed by atoms with Crippen LogP contribution in [0.1, 0.15) is 42.6 Å². The molecule has 0 aromatic carbocycles. The van der Waals surface area contributed by atoms with E-state index in [4.69, 9.17) is 9.52 Å². The quantitative estimate of drug-likeness (QED) is 0.873. The highest BCUT2D eigenvalue weighted by Gasteiger charge is 2.32. The first-order chi connectivity index (χ1) is 8.74. The number of piperidine rings is 1. The topological polar surface area (TPSA) is 66.6 Å². The van der Waals surface area contributed by atoms with Gasteiger partial charge >= 0.3 is 5.97 Å². The normalized spacial score (nSPS) is 27.9. The van der Waals surface area contributed by atoms with E-state index in [2.05, 4.69) is 9.88 Å². The van der Waals surface area contributed by atoms with Crippen LogP contribution < -0.4 is 4.90 Å². The van der Waals surface area contributed by atoms with Gasteiger partial charge in [-0.05, 0) is 24.7 Å². The molecule has 1 aromatic heterocycles. The van der Waals surface area contributed by atoms with Crippen LogP contribution in [0.15, 0.2) is 10.7 Å². The summed E-state index contributed by atoms with van der Waals surface area (Å²) < 4.78 is 5.28. The highest BCUT2D eigenvalue weighted by molar-refractivity contribution is 5.85. The number of anilines is 1. The minimum Gasteiger partial charge on any atom is -0.476 e. The van der Waals surface area contributed by atoms with Crippen LogP contribution in [0.4, 0.5) is 6.01 Å². The first kappa shape index (κ1) is 11.6. The largest absolute Gasteiger partial charge is 0.476 e. The Morgan fingerprint density at radius 1 is 1.33 bits per heavy atom. The Bertz CT molecular complexity index is 443. The summed E-state index contributed by atoms with van der Waals surface area (Å²) in [6.45, 7) is 1.89. The first-order valence-electron chi connectivity index (χ1n) is 6.68. The number of oxazole rings is 1. The molecule has 18 heavy (non-hydrogen) atoms. The van der Waals surface area contributed by atoms with Gasteiger partial charge in [0.05, 0.1) is 0 Å². The van der Waals surface area contributed by atoms with Gasteiger partial charge in [-0.25, -0.2) is 4.79 Å². The van der Waals surface area contributed by atoms with E-state index in [-0.39, 0.29) is 5.69 Å². The van der Waals surface area contributed by atoms with Crippen LogP contribution in [-0.4, -0.2) is 29.1 Å². The maximum Gasteiger partial charge on any atom is 0.357 e. The summed E-state index contributed by atoms with van der Waals surface area (Å²) in [6, 6.07) is 0.469. The minimum absolute atomic E-state index is 0.00392. The Hall–Kier alpha value is -1.52. The predicted octanol–water partition coefficient (Wildman–Crippen LogP) is 2.39. The zero-order valence-electron chi connectivity index (χ0n) is 10.3. The third kappa shape index (κ3) is 2.09. The van der Waals surface area contributed by atoms with Crippen molar-refractivity contribution in [3.63, 3.8) is 0 Å². The number of aromatic nitrogens is 1. The maximum atomic E-state index is 10.8. The number of carboxylic acids is 1. The van der Waals surface area contributed by atoms with Gasteiger partial charge in [0, 0.05) is 13.1 Å². The summed E-state index contributed by atoms with van der Waals surface area (Å²) in [7, 11) is 0. The van der Waals surface area contributed by atoms with Gasteiger partial charge in [0.25, 0.3) is 6.01 Å². The summed E-state index contributed by atoms with van der Waals surface area (Å²) in [5.74, 6) is 0.550. The summed E-state index contributed by atoms with van der Waals surface area (Å²) in [4.78, 5) is 16.9. The van der Waals surface area contributed by atoms with E-state index >= 15 is 0 Å². The molecule has 1 aromatic rings. The monoisotopic (exact) mass is 250 g/mol. The van der Waals surface area contributed by atoms with Gasteiger partial charge in [-0.3, -0.25) is 0 Å². The Balaban J connectivity index is 1.71. The van der Waals surface area contributed by atoms with Gasteiger partial charge in [-0.15, -0.1) is 0 Å². The molecule has 5 heteroatoms. The smallest absolute Gasteiger partial charge is 0.357 e. The molecule has 2 unspecified atom stereocenters. The SMILES string of the molecule is O=C(O)c1coc(N2CCC3CCCCC3C2)n1. The lowest BCUT2D eigenvalue weighted by atomic mass is 9.75. The van der Waals surface area contributed by atoms with Gasteiger partial charge < -0.3 is 14.4 Å². The van der Waals surface area contributed by atoms with Crippen molar-refractivity contribution in [1.29, 1.82) is 0 Å². The Morgan fingerprint density at radius 2 is 2.11 bits per heavy atom. The molecule has 1 N–H and O–H groups in total. The lowest BCUT2D eigenvalue weighted by Gasteiger charge is -2.40. The lowest BCUT2D eigenvalue weighted by molar-refractivity contribution is 0.0690.